The predicted molar refractivity (Wildman–Crippen MR) is 78.5 cm³/mol. The van der Waals surface area contributed by atoms with Crippen molar-refractivity contribution in [1.82, 2.24) is 4.90 Å². The van der Waals surface area contributed by atoms with Gasteiger partial charge in [-0.15, -0.1) is 0 Å². The average Bonchev–Trinajstić information content (AvgIpc) is 2.36. The molecular weight excluding hydrogens is 236 g/mol. The molecule has 0 aliphatic heterocycles. The largest absolute Gasteiger partial charge is 0.496 e. The molecule has 0 radical (unpaired) electrons. The first-order valence-electron chi connectivity index (χ1n) is 6.58. The van der Waals surface area contributed by atoms with Crippen LogP contribution in [0.4, 0.5) is 0 Å². The van der Waals surface area contributed by atoms with E-state index in [1.165, 1.54) is 16.7 Å². The van der Waals surface area contributed by atoms with Gasteiger partial charge < -0.3 is 4.74 Å². The van der Waals surface area contributed by atoms with Crippen molar-refractivity contribution < 1.29 is 4.74 Å². The third kappa shape index (κ3) is 3.71. The first-order chi connectivity index (χ1) is 8.81. The molecule has 1 aromatic rings. The van der Waals surface area contributed by atoms with Crippen LogP contribution < -0.4 is 4.74 Å². The molecule has 19 heavy (non-hydrogen) atoms. The van der Waals surface area contributed by atoms with E-state index in [4.69, 9.17) is 10.00 Å². The molecule has 0 saturated heterocycles. The van der Waals surface area contributed by atoms with Crippen molar-refractivity contribution in [1.29, 1.82) is 5.26 Å². The molecule has 0 N–H and O–H groups in total. The molecule has 3 heteroatoms. The summed E-state index contributed by atoms with van der Waals surface area (Å²) in [4.78, 5) is 2.08. The Kier molecular flexibility index (Phi) is 4.97. The molecule has 0 saturated carbocycles. The van der Waals surface area contributed by atoms with E-state index < -0.39 is 5.54 Å². The van der Waals surface area contributed by atoms with Crippen molar-refractivity contribution in [3.63, 3.8) is 0 Å². The Labute approximate surface area is 116 Å². The Balaban J connectivity index is 2.87. The molecule has 0 bridgehead atoms. The van der Waals surface area contributed by atoms with E-state index in [0.717, 1.165) is 18.7 Å². The van der Waals surface area contributed by atoms with Crippen LogP contribution in [-0.4, -0.2) is 31.1 Å². The van der Waals surface area contributed by atoms with Gasteiger partial charge in [0, 0.05) is 6.54 Å². The lowest BCUT2D eigenvalue weighted by molar-refractivity contribution is 0.213. The molecule has 0 heterocycles. The fourth-order valence-electron chi connectivity index (χ4n) is 2.11. The molecule has 3 nitrogen and oxygen atoms in total. The van der Waals surface area contributed by atoms with E-state index in [-0.39, 0.29) is 0 Å². The van der Waals surface area contributed by atoms with Crippen LogP contribution in [0, 0.1) is 25.2 Å². The van der Waals surface area contributed by atoms with Crippen LogP contribution in [-0.2, 0) is 6.42 Å². The van der Waals surface area contributed by atoms with Crippen molar-refractivity contribution in [2.45, 2.75) is 39.7 Å². The fraction of sp³-hybridized carbons (Fsp3) is 0.562. The second kappa shape index (κ2) is 6.08. The number of hydrogen-bond donors (Lipinski definition) is 0. The Hall–Kier alpha value is -1.53. The standard InChI is InChI=1S/C16H24N2O/c1-12-9-13(2)14(15(10-12)19-6)7-8-18(5)16(3,4)11-17/h9-10H,7-8H2,1-6H3. The Bertz CT molecular complexity index is 486. The van der Waals surface area contributed by atoms with Gasteiger partial charge >= 0.3 is 0 Å². The van der Waals surface area contributed by atoms with Gasteiger partial charge in [-0.2, -0.15) is 5.26 Å². The minimum absolute atomic E-state index is 0.439. The first-order valence-corrected chi connectivity index (χ1v) is 6.58. The number of benzene rings is 1. The topological polar surface area (TPSA) is 36.3 Å². The van der Waals surface area contributed by atoms with Gasteiger partial charge in [-0.25, -0.2) is 0 Å². The fourth-order valence-corrected chi connectivity index (χ4v) is 2.11. The SMILES string of the molecule is COc1cc(C)cc(C)c1CCN(C)C(C)(C)C#N. The maximum Gasteiger partial charge on any atom is 0.122 e. The van der Waals surface area contributed by atoms with Gasteiger partial charge in [0.1, 0.15) is 11.3 Å². The molecule has 0 amide bonds. The molecule has 1 rings (SSSR count). The normalized spacial score (nSPS) is 11.5. The van der Waals surface area contributed by atoms with Crippen molar-refractivity contribution in [3.05, 3.63) is 28.8 Å². The zero-order valence-corrected chi connectivity index (χ0v) is 12.9. The van der Waals surface area contributed by atoms with Gasteiger partial charge in [-0.1, -0.05) is 6.07 Å². The number of ether oxygens (including phenoxy) is 1. The number of methoxy groups -OCH3 is 1. The lowest BCUT2D eigenvalue weighted by atomic mass is 10.00. The maximum atomic E-state index is 9.14. The summed E-state index contributed by atoms with van der Waals surface area (Å²) in [6.45, 7) is 8.89. The number of nitrogens with zero attached hydrogens (tertiary/aromatic N) is 2. The molecule has 0 aromatic heterocycles. The highest BCUT2D eigenvalue weighted by atomic mass is 16.5. The van der Waals surface area contributed by atoms with Gasteiger partial charge in [0.15, 0.2) is 0 Å². The van der Waals surface area contributed by atoms with Crippen LogP contribution in [0.3, 0.4) is 0 Å². The minimum atomic E-state index is -0.439. The van der Waals surface area contributed by atoms with Crippen molar-refractivity contribution in [3.8, 4) is 11.8 Å². The summed E-state index contributed by atoms with van der Waals surface area (Å²) < 4.78 is 5.47. The summed E-state index contributed by atoms with van der Waals surface area (Å²) in [6, 6.07) is 6.57. The monoisotopic (exact) mass is 260 g/mol. The first kappa shape index (κ1) is 15.5. The number of nitriles is 1. The summed E-state index contributed by atoms with van der Waals surface area (Å²) in [5.74, 6) is 0.945. The van der Waals surface area contributed by atoms with E-state index in [1.54, 1.807) is 7.11 Å². The second-order valence-corrected chi connectivity index (χ2v) is 5.61. The molecular formula is C16H24N2O. The Morgan fingerprint density at radius 3 is 2.47 bits per heavy atom. The van der Waals surface area contributed by atoms with E-state index in [0.29, 0.717) is 0 Å². The van der Waals surface area contributed by atoms with Crippen LogP contribution in [0.5, 0.6) is 5.75 Å². The number of likely N-dealkylation sites (N-methyl/N-ethyl adjacent to an activating group) is 1. The lowest BCUT2D eigenvalue weighted by Gasteiger charge is -2.29. The molecule has 0 aliphatic rings. The average molecular weight is 260 g/mol. The van der Waals surface area contributed by atoms with Gasteiger partial charge in [-0.05, 0) is 63.9 Å². The molecule has 0 fully saturated rings. The molecule has 0 spiro atoms. The number of hydrogen-bond acceptors (Lipinski definition) is 3. The second-order valence-electron chi connectivity index (χ2n) is 5.61. The summed E-state index contributed by atoms with van der Waals surface area (Å²) in [5, 5.41) is 9.14. The van der Waals surface area contributed by atoms with E-state index in [2.05, 4.69) is 36.9 Å². The van der Waals surface area contributed by atoms with Crippen molar-refractivity contribution >= 4 is 0 Å². The number of aryl methyl sites for hydroxylation is 2. The van der Waals surface area contributed by atoms with E-state index in [9.17, 15) is 0 Å². The third-order valence-electron chi connectivity index (χ3n) is 3.72. The van der Waals surface area contributed by atoms with Crippen LogP contribution in [0.15, 0.2) is 12.1 Å². The molecule has 0 atom stereocenters. The van der Waals surface area contributed by atoms with Crippen molar-refractivity contribution in [2.75, 3.05) is 20.7 Å². The van der Waals surface area contributed by atoms with Crippen LogP contribution in [0.25, 0.3) is 0 Å². The highest BCUT2D eigenvalue weighted by molar-refractivity contribution is 5.43. The van der Waals surface area contributed by atoms with Gasteiger partial charge in [0.2, 0.25) is 0 Å². The maximum absolute atomic E-state index is 9.14. The minimum Gasteiger partial charge on any atom is -0.496 e. The molecule has 0 aliphatic carbocycles. The van der Waals surface area contributed by atoms with E-state index in [1.807, 2.05) is 20.9 Å². The highest BCUT2D eigenvalue weighted by Gasteiger charge is 2.22. The van der Waals surface area contributed by atoms with Crippen LogP contribution in [0.1, 0.15) is 30.5 Å². The van der Waals surface area contributed by atoms with Crippen molar-refractivity contribution in [2.24, 2.45) is 0 Å². The van der Waals surface area contributed by atoms with Crippen LogP contribution >= 0.6 is 0 Å². The zero-order valence-electron chi connectivity index (χ0n) is 12.9. The smallest absolute Gasteiger partial charge is 0.122 e. The lowest BCUT2D eigenvalue weighted by Crippen LogP contribution is -2.40. The Morgan fingerprint density at radius 2 is 1.95 bits per heavy atom. The Morgan fingerprint density at radius 1 is 1.32 bits per heavy atom. The summed E-state index contributed by atoms with van der Waals surface area (Å²) in [6.07, 6.45) is 0.886. The highest BCUT2D eigenvalue weighted by Crippen LogP contribution is 2.25. The molecule has 0 unspecified atom stereocenters. The third-order valence-corrected chi connectivity index (χ3v) is 3.72. The molecule has 104 valence electrons. The predicted octanol–water partition coefficient (Wildman–Crippen LogP) is 3.09. The summed E-state index contributed by atoms with van der Waals surface area (Å²) in [7, 11) is 3.69. The summed E-state index contributed by atoms with van der Waals surface area (Å²) in [5.41, 5.74) is 3.25. The van der Waals surface area contributed by atoms with Gasteiger partial charge in [0.05, 0.1) is 13.2 Å². The number of rotatable bonds is 5. The summed E-state index contributed by atoms with van der Waals surface area (Å²) >= 11 is 0. The van der Waals surface area contributed by atoms with E-state index >= 15 is 0 Å². The van der Waals surface area contributed by atoms with Gasteiger partial charge in [-0.3, -0.25) is 4.90 Å². The van der Waals surface area contributed by atoms with Gasteiger partial charge in [0.25, 0.3) is 0 Å². The van der Waals surface area contributed by atoms with Crippen LogP contribution in [0.2, 0.25) is 0 Å². The zero-order chi connectivity index (χ0) is 14.6. The molecule has 1 aromatic carbocycles. The quantitative estimate of drug-likeness (QED) is 0.816.